The van der Waals surface area contributed by atoms with E-state index in [4.69, 9.17) is 15.2 Å². The van der Waals surface area contributed by atoms with Crippen LogP contribution in [-0.2, 0) is 11.2 Å². The van der Waals surface area contributed by atoms with Gasteiger partial charge in [-0.25, -0.2) is 9.37 Å². The number of rotatable bonds is 4. The van der Waals surface area contributed by atoms with Crippen LogP contribution < -0.4 is 15.4 Å². The summed E-state index contributed by atoms with van der Waals surface area (Å²) in [6.07, 6.45) is 0.600. The number of anilines is 2. The highest BCUT2D eigenvalue weighted by Crippen LogP contribution is 2.30. The molecule has 1 aliphatic rings. The maximum Gasteiger partial charge on any atom is 0.148 e. The number of ether oxygens (including phenoxy) is 2. The minimum atomic E-state index is -0.284. The molecule has 1 aliphatic heterocycles. The predicted octanol–water partition coefficient (Wildman–Crippen LogP) is 3.39. The van der Waals surface area contributed by atoms with Gasteiger partial charge in [0.25, 0.3) is 0 Å². The Morgan fingerprint density at radius 2 is 1.93 bits per heavy atom. The molecule has 0 aliphatic carbocycles. The van der Waals surface area contributed by atoms with Crippen molar-refractivity contribution in [3.05, 3.63) is 59.4 Å². The summed E-state index contributed by atoms with van der Waals surface area (Å²) in [4.78, 5) is 6.44. The van der Waals surface area contributed by atoms with Gasteiger partial charge in [-0.05, 0) is 29.3 Å². The van der Waals surface area contributed by atoms with Gasteiger partial charge in [0.15, 0.2) is 0 Å². The largest absolute Gasteiger partial charge is 0.496 e. The van der Waals surface area contributed by atoms with Crippen LogP contribution in [0.5, 0.6) is 5.75 Å². The first-order valence-corrected chi connectivity index (χ1v) is 8.99. The fraction of sp³-hybridized carbons (Fsp3) is 0.286. The van der Waals surface area contributed by atoms with Gasteiger partial charge in [-0.3, -0.25) is 0 Å². The maximum atomic E-state index is 14.6. The minimum absolute atomic E-state index is 0.284. The van der Waals surface area contributed by atoms with E-state index in [1.54, 1.807) is 7.11 Å². The van der Waals surface area contributed by atoms with Crippen molar-refractivity contribution in [2.75, 3.05) is 44.0 Å². The van der Waals surface area contributed by atoms with Crippen molar-refractivity contribution < 1.29 is 13.9 Å². The van der Waals surface area contributed by atoms with E-state index in [0.717, 1.165) is 22.3 Å². The Balaban J connectivity index is 1.73. The molecule has 1 saturated heterocycles. The molecule has 4 rings (SSSR count). The number of para-hydroxylation sites is 1. The van der Waals surface area contributed by atoms with E-state index in [1.807, 2.05) is 41.3 Å². The summed E-state index contributed by atoms with van der Waals surface area (Å²) in [7, 11) is 1.65. The molecule has 0 unspecified atom stereocenters. The van der Waals surface area contributed by atoms with Gasteiger partial charge in [0.2, 0.25) is 0 Å². The highest BCUT2D eigenvalue weighted by molar-refractivity contribution is 5.85. The van der Waals surface area contributed by atoms with Gasteiger partial charge in [-0.1, -0.05) is 18.2 Å². The van der Waals surface area contributed by atoms with Crippen molar-refractivity contribution in [2.24, 2.45) is 0 Å². The molecular weight excluding hydrogens is 345 g/mol. The lowest BCUT2D eigenvalue weighted by Gasteiger charge is -2.29. The summed E-state index contributed by atoms with van der Waals surface area (Å²) < 4.78 is 25.4. The number of hydrogen-bond donors (Lipinski definition) is 1. The van der Waals surface area contributed by atoms with Gasteiger partial charge < -0.3 is 20.1 Å². The Morgan fingerprint density at radius 1 is 1.15 bits per heavy atom. The van der Waals surface area contributed by atoms with Crippen LogP contribution in [0.25, 0.3) is 10.9 Å². The molecule has 0 amide bonds. The van der Waals surface area contributed by atoms with Gasteiger partial charge in [-0.2, -0.15) is 0 Å². The van der Waals surface area contributed by atoms with E-state index in [-0.39, 0.29) is 5.82 Å². The van der Waals surface area contributed by atoms with E-state index in [2.05, 4.69) is 4.98 Å². The number of pyridine rings is 1. The van der Waals surface area contributed by atoms with Crippen molar-refractivity contribution >= 4 is 22.4 Å². The Bertz CT molecular complexity index is 971. The van der Waals surface area contributed by atoms with Gasteiger partial charge in [0.05, 0.1) is 31.5 Å². The normalized spacial score (nSPS) is 14.5. The molecule has 27 heavy (non-hydrogen) atoms. The summed E-state index contributed by atoms with van der Waals surface area (Å²) in [5.41, 5.74) is 9.23. The molecule has 2 N–H and O–H groups in total. The quantitative estimate of drug-likeness (QED) is 0.766. The number of nitrogens with two attached hydrogens (primary N) is 1. The van der Waals surface area contributed by atoms with Crippen LogP contribution in [0.15, 0.2) is 42.5 Å². The second-order valence-corrected chi connectivity index (χ2v) is 6.62. The molecule has 3 aromatic rings. The van der Waals surface area contributed by atoms with Crippen LogP contribution >= 0.6 is 0 Å². The number of nitrogens with zero attached hydrogens (tertiary/aromatic N) is 2. The summed E-state index contributed by atoms with van der Waals surface area (Å²) in [5, 5.41) is 0.872. The molecule has 1 aromatic heterocycles. The third-order valence-corrected chi connectivity index (χ3v) is 4.92. The summed E-state index contributed by atoms with van der Waals surface area (Å²) in [6, 6.07) is 13.1. The van der Waals surface area contributed by atoms with E-state index >= 15 is 0 Å². The zero-order chi connectivity index (χ0) is 18.8. The number of halogens is 1. The molecule has 1 fully saturated rings. The van der Waals surface area contributed by atoms with Crippen molar-refractivity contribution in [1.29, 1.82) is 0 Å². The van der Waals surface area contributed by atoms with Gasteiger partial charge in [0, 0.05) is 31.0 Å². The van der Waals surface area contributed by atoms with Crippen molar-refractivity contribution in [3.8, 4) is 5.75 Å². The van der Waals surface area contributed by atoms with Crippen molar-refractivity contribution in [3.63, 3.8) is 0 Å². The van der Waals surface area contributed by atoms with Crippen LogP contribution in [-0.4, -0.2) is 38.4 Å². The average Bonchev–Trinajstić information content (AvgIpc) is 2.69. The lowest BCUT2D eigenvalue weighted by atomic mass is 10.0. The second-order valence-electron chi connectivity index (χ2n) is 6.62. The number of fused-ring (bicyclic) bond motifs is 1. The highest BCUT2D eigenvalue weighted by Gasteiger charge is 2.17. The molecule has 2 heterocycles. The van der Waals surface area contributed by atoms with Crippen LogP contribution in [0, 0.1) is 5.82 Å². The first-order chi connectivity index (χ1) is 13.2. The van der Waals surface area contributed by atoms with Crippen LogP contribution in [0.3, 0.4) is 0 Å². The topological polar surface area (TPSA) is 60.6 Å². The Labute approximate surface area is 157 Å². The standard InChI is InChI=1S/C21H22FN3O2/c1-26-20-5-3-2-4-14(20)10-16-11-15-12-19(25-6-8-27-9-7-25)17(22)13-18(15)24-21(16)23/h2-5,11-13H,6-10H2,1H3,(H2,23,24). The Hall–Kier alpha value is -2.86. The average molecular weight is 367 g/mol. The summed E-state index contributed by atoms with van der Waals surface area (Å²) in [6.45, 7) is 2.57. The fourth-order valence-corrected chi connectivity index (χ4v) is 3.49. The van der Waals surface area contributed by atoms with Gasteiger partial charge in [-0.15, -0.1) is 0 Å². The minimum Gasteiger partial charge on any atom is -0.496 e. The first kappa shape index (κ1) is 17.5. The predicted molar refractivity (Wildman–Crippen MR) is 105 cm³/mol. The number of aromatic nitrogens is 1. The monoisotopic (exact) mass is 367 g/mol. The second kappa shape index (κ2) is 7.40. The maximum absolute atomic E-state index is 14.6. The summed E-state index contributed by atoms with van der Waals surface area (Å²) >= 11 is 0. The van der Waals surface area contributed by atoms with Crippen LogP contribution in [0.1, 0.15) is 11.1 Å². The van der Waals surface area contributed by atoms with E-state index in [0.29, 0.717) is 49.7 Å². The zero-order valence-electron chi connectivity index (χ0n) is 15.2. The fourth-order valence-electron chi connectivity index (χ4n) is 3.49. The molecule has 0 spiro atoms. The molecular formula is C21H22FN3O2. The van der Waals surface area contributed by atoms with E-state index in [1.165, 1.54) is 6.07 Å². The Kier molecular flexibility index (Phi) is 4.81. The van der Waals surface area contributed by atoms with E-state index < -0.39 is 0 Å². The molecule has 0 bridgehead atoms. The van der Waals surface area contributed by atoms with Crippen molar-refractivity contribution in [2.45, 2.75) is 6.42 Å². The molecule has 0 atom stereocenters. The lowest BCUT2D eigenvalue weighted by Crippen LogP contribution is -2.36. The molecule has 2 aromatic carbocycles. The highest BCUT2D eigenvalue weighted by atomic mass is 19.1. The number of hydrogen-bond acceptors (Lipinski definition) is 5. The molecule has 6 heteroatoms. The molecule has 5 nitrogen and oxygen atoms in total. The third-order valence-electron chi connectivity index (χ3n) is 4.92. The van der Waals surface area contributed by atoms with E-state index in [9.17, 15) is 4.39 Å². The van der Waals surface area contributed by atoms with Crippen molar-refractivity contribution in [1.82, 2.24) is 4.98 Å². The smallest absolute Gasteiger partial charge is 0.148 e. The van der Waals surface area contributed by atoms with Crippen LogP contribution in [0.2, 0.25) is 0 Å². The Morgan fingerprint density at radius 3 is 2.70 bits per heavy atom. The van der Waals surface area contributed by atoms with Crippen LogP contribution in [0.4, 0.5) is 15.9 Å². The first-order valence-electron chi connectivity index (χ1n) is 8.99. The third kappa shape index (κ3) is 3.53. The van der Waals surface area contributed by atoms with Gasteiger partial charge in [0.1, 0.15) is 17.4 Å². The lowest BCUT2D eigenvalue weighted by molar-refractivity contribution is 0.122. The number of nitrogen functional groups attached to an aromatic ring is 1. The summed E-state index contributed by atoms with van der Waals surface area (Å²) in [5.74, 6) is 0.936. The molecule has 140 valence electrons. The zero-order valence-corrected chi connectivity index (χ0v) is 15.2. The number of methoxy groups -OCH3 is 1. The number of benzene rings is 2. The number of morpholine rings is 1. The van der Waals surface area contributed by atoms with Gasteiger partial charge >= 0.3 is 0 Å². The molecule has 0 radical (unpaired) electrons. The molecule has 0 saturated carbocycles. The SMILES string of the molecule is COc1ccccc1Cc1cc2cc(N3CCOCC3)c(F)cc2nc1N.